The molecule has 0 aliphatic carbocycles. The molecule has 0 bridgehead atoms. The Morgan fingerprint density at radius 1 is 1.21 bits per heavy atom. The number of carbonyl (C=O) groups is 1. The molecular weight excluding hydrogens is 360 g/mol. The van der Waals surface area contributed by atoms with Crippen LogP contribution in [0.25, 0.3) is 0 Å². The summed E-state index contributed by atoms with van der Waals surface area (Å²) in [5.74, 6) is -0.658. The summed E-state index contributed by atoms with van der Waals surface area (Å²) in [5, 5.41) is 11.6. The molecule has 0 heterocycles. The van der Waals surface area contributed by atoms with E-state index in [2.05, 4.69) is 5.32 Å². The molecule has 0 atom stereocenters. The van der Waals surface area contributed by atoms with Crippen LogP contribution in [0.2, 0.25) is 0 Å². The summed E-state index contributed by atoms with van der Waals surface area (Å²) in [4.78, 5) is 12.0. The van der Waals surface area contributed by atoms with E-state index in [0.29, 0.717) is 14.8 Å². The number of amides is 1. The third-order valence-corrected chi connectivity index (χ3v) is 3.46. The van der Waals surface area contributed by atoms with Gasteiger partial charge in [-0.3, -0.25) is 4.79 Å². The van der Waals surface area contributed by atoms with E-state index < -0.39 is 0 Å². The zero-order chi connectivity index (χ0) is 13.8. The minimum absolute atomic E-state index is 0.0376. The van der Waals surface area contributed by atoms with Gasteiger partial charge in [-0.15, -0.1) is 0 Å². The van der Waals surface area contributed by atoms with Gasteiger partial charge in [0.25, 0.3) is 5.91 Å². The predicted octanol–water partition coefficient (Wildman–Crippen LogP) is 3.17. The monoisotopic (exact) mass is 371 g/mol. The minimum Gasteiger partial charge on any atom is -0.392 e. The van der Waals surface area contributed by atoms with Crippen molar-refractivity contribution in [3.05, 3.63) is 63.0 Å². The maximum absolute atomic E-state index is 13.0. The van der Waals surface area contributed by atoms with Crippen molar-refractivity contribution >= 4 is 34.2 Å². The van der Waals surface area contributed by atoms with E-state index in [9.17, 15) is 9.18 Å². The minimum atomic E-state index is -0.367. The van der Waals surface area contributed by atoms with E-state index >= 15 is 0 Å². The number of rotatable bonds is 3. The van der Waals surface area contributed by atoms with Crippen LogP contribution in [0.15, 0.2) is 42.5 Å². The molecular formula is C14H11FINO2. The van der Waals surface area contributed by atoms with E-state index in [1.54, 1.807) is 24.3 Å². The number of anilines is 1. The van der Waals surface area contributed by atoms with Gasteiger partial charge in [-0.1, -0.05) is 12.1 Å². The number of aliphatic hydroxyl groups excluding tert-OH is 1. The highest BCUT2D eigenvalue weighted by atomic mass is 127. The maximum atomic E-state index is 13.0. The number of aliphatic hydroxyl groups is 1. The molecule has 2 N–H and O–H groups in total. The second kappa shape index (κ2) is 6.12. The molecule has 0 saturated heterocycles. The first-order valence-corrected chi connectivity index (χ1v) is 6.64. The van der Waals surface area contributed by atoms with Gasteiger partial charge in [0.1, 0.15) is 5.82 Å². The molecule has 0 fully saturated rings. The van der Waals surface area contributed by atoms with Crippen LogP contribution in [0.1, 0.15) is 15.9 Å². The molecule has 2 aromatic carbocycles. The van der Waals surface area contributed by atoms with E-state index in [1.807, 2.05) is 22.6 Å². The molecule has 98 valence electrons. The molecule has 0 aliphatic rings. The van der Waals surface area contributed by atoms with E-state index in [0.717, 1.165) is 5.56 Å². The zero-order valence-corrected chi connectivity index (χ0v) is 12.0. The largest absolute Gasteiger partial charge is 0.392 e. The van der Waals surface area contributed by atoms with E-state index in [4.69, 9.17) is 5.11 Å². The molecule has 2 rings (SSSR count). The van der Waals surface area contributed by atoms with Crippen LogP contribution in [0, 0.1) is 9.39 Å². The highest BCUT2D eigenvalue weighted by molar-refractivity contribution is 14.1. The molecule has 0 spiro atoms. The molecule has 0 radical (unpaired) electrons. The predicted molar refractivity (Wildman–Crippen MR) is 79.4 cm³/mol. The summed E-state index contributed by atoms with van der Waals surface area (Å²) in [6.45, 7) is -0.0376. The Balaban J connectivity index is 2.15. The van der Waals surface area contributed by atoms with Crippen molar-refractivity contribution in [3.63, 3.8) is 0 Å². The first kappa shape index (κ1) is 14.0. The van der Waals surface area contributed by atoms with Crippen molar-refractivity contribution in [2.75, 3.05) is 5.32 Å². The molecule has 0 aliphatic heterocycles. The van der Waals surface area contributed by atoms with Crippen molar-refractivity contribution in [2.24, 2.45) is 0 Å². The van der Waals surface area contributed by atoms with Gasteiger partial charge in [0, 0.05) is 9.26 Å². The second-order valence-electron chi connectivity index (χ2n) is 3.93. The Morgan fingerprint density at radius 3 is 2.47 bits per heavy atom. The summed E-state index contributed by atoms with van der Waals surface area (Å²) >= 11 is 1.92. The van der Waals surface area contributed by atoms with Gasteiger partial charge >= 0.3 is 0 Å². The molecule has 0 aromatic heterocycles. The first-order valence-electron chi connectivity index (χ1n) is 5.56. The van der Waals surface area contributed by atoms with Crippen LogP contribution in [0.3, 0.4) is 0 Å². The summed E-state index contributed by atoms with van der Waals surface area (Å²) in [6.07, 6.45) is 0. The number of nitrogens with one attached hydrogen (secondary N) is 1. The lowest BCUT2D eigenvalue weighted by Crippen LogP contribution is -2.13. The number of hydrogen-bond donors (Lipinski definition) is 2. The van der Waals surface area contributed by atoms with Crippen LogP contribution in [-0.2, 0) is 6.61 Å². The molecule has 19 heavy (non-hydrogen) atoms. The highest BCUT2D eigenvalue weighted by Gasteiger charge is 2.10. The average molecular weight is 371 g/mol. The Hall–Kier alpha value is -1.47. The Morgan fingerprint density at radius 2 is 1.89 bits per heavy atom. The fourth-order valence-electron chi connectivity index (χ4n) is 1.57. The number of carbonyl (C=O) groups excluding carboxylic acids is 1. The van der Waals surface area contributed by atoms with Crippen LogP contribution in [0.4, 0.5) is 10.1 Å². The smallest absolute Gasteiger partial charge is 0.256 e. The summed E-state index contributed by atoms with van der Waals surface area (Å²) < 4.78 is 13.5. The lowest BCUT2D eigenvalue weighted by atomic mass is 10.2. The van der Waals surface area contributed by atoms with Crippen LogP contribution in [0.5, 0.6) is 0 Å². The summed E-state index contributed by atoms with van der Waals surface area (Å²) in [6, 6.07) is 10.9. The van der Waals surface area contributed by atoms with Crippen molar-refractivity contribution in [2.45, 2.75) is 6.61 Å². The SMILES string of the molecule is O=C(Nc1ccc(CO)cc1)c1ccc(F)cc1I. The first-order chi connectivity index (χ1) is 9.10. The van der Waals surface area contributed by atoms with Gasteiger partial charge in [-0.25, -0.2) is 4.39 Å². The van der Waals surface area contributed by atoms with Crippen LogP contribution >= 0.6 is 22.6 Å². The van der Waals surface area contributed by atoms with Gasteiger partial charge in [0.15, 0.2) is 0 Å². The van der Waals surface area contributed by atoms with Crippen LogP contribution in [-0.4, -0.2) is 11.0 Å². The van der Waals surface area contributed by atoms with E-state index in [-0.39, 0.29) is 18.3 Å². The fourth-order valence-corrected chi connectivity index (χ4v) is 2.29. The normalized spacial score (nSPS) is 10.3. The van der Waals surface area contributed by atoms with Crippen molar-refractivity contribution < 1.29 is 14.3 Å². The van der Waals surface area contributed by atoms with Crippen molar-refractivity contribution in [1.82, 2.24) is 0 Å². The van der Waals surface area contributed by atoms with Gasteiger partial charge in [0.2, 0.25) is 0 Å². The van der Waals surface area contributed by atoms with E-state index in [1.165, 1.54) is 18.2 Å². The Labute approximate surface area is 123 Å². The Bertz CT molecular complexity index is 599. The van der Waals surface area contributed by atoms with Crippen molar-refractivity contribution in [1.29, 1.82) is 0 Å². The third-order valence-electron chi connectivity index (χ3n) is 2.57. The quantitative estimate of drug-likeness (QED) is 0.815. The lowest BCUT2D eigenvalue weighted by molar-refractivity contribution is 0.102. The maximum Gasteiger partial charge on any atom is 0.256 e. The molecule has 1 amide bonds. The van der Waals surface area contributed by atoms with Gasteiger partial charge in [-0.2, -0.15) is 0 Å². The molecule has 3 nitrogen and oxygen atoms in total. The van der Waals surface area contributed by atoms with Crippen molar-refractivity contribution in [3.8, 4) is 0 Å². The van der Waals surface area contributed by atoms with Crippen LogP contribution < -0.4 is 5.32 Å². The number of benzene rings is 2. The van der Waals surface area contributed by atoms with Gasteiger partial charge in [-0.05, 0) is 58.5 Å². The number of halogens is 2. The zero-order valence-electron chi connectivity index (χ0n) is 9.86. The van der Waals surface area contributed by atoms with Gasteiger partial charge < -0.3 is 10.4 Å². The highest BCUT2D eigenvalue weighted by Crippen LogP contribution is 2.16. The molecule has 2 aromatic rings. The standard InChI is InChI=1S/C14H11FINO2/c15-10-3-6-12(13(16)7-10)14(19)17-11-4-1-9(8-18)2-5-11/h1-7,18H,8H2,(H,17,19). The number of hydrogen-bond acceptors (Lipinski definition) is 2. The molecule has 5 heteroatoms. The lowest BCUT2D eigenvalue weighted by Gasteiger charge is -2.07. The average Bonchev–Trinajstić information content (AvgIpc) is 2.39. The fraction of sp³-hybridized carbons (Fsp3) is 0.0714. The second-order valence-corrected chi connectivity index (χ2v) is 5.10. The molecule has 0 unspecified atom stereocenters. The topological polar surface area (TPSA) is 49.3 Å². The summed E-state index contributed by atoms with van der Waals surface area (Å²) in [5.41, 5.74) is 1.82. The Kier molecular flexibility index (Phi) is 4.49. The van der Waals surface area contributed by atoms with Gasteiger partial charge in [0.05, 0.1) is 12.2 Å². The molecule has 0 saturated carbocycles. The third kappa shape index (κ3) is 3.51. The summed E-state index contributed by atoms with van der Waals surface area (Å²) in [7, 11) is 0.